The van der Waals surface area contributed by atoms with Gasteiger partial charge in [0.25, 0.3) is 0 Å². The Morgan fingerprint density at radius 3 is 2.43 bits per heavy atom. The molecule has 1 unspecified atom stereocenters. The molecule has 0 heterocycles. The molecule has 0 amide bonds. The molecule has 0 aromatic heterocycles. The van der Waals surface area contributed by atoms with Gasteiger partial charge in [0.15, 0.2) is 0 Å². The maximum Gasteiger partial charge on any atom is 0.141 e. The van der Waals surface area contributed by atoms with Crippen molar-refractivity contribution in [1.82, 2.24) is 0 Å². The smallest absolute Gasteiger partial charge is 0.141 e. The molecule has 0 bridgehead atoms. The van der Waals surface area contributed by atoms with Gasteiger partial charge in [0.05, 0.1) is 5.02 Å². The molecule has 0 saturated carbocycles. The molecule has 2 rings (SSSR count). The number of anilines is 1. The SMILES string of the molecule is CC(CC(C)(C)c1ccccc1)Nc1ccc(F)c(Cl)c1. The van der Waals surface area contributed by atoms with Gasteiger partial charge in [0, 0.05) is 11.7 Å². The maximum atomic E-state index is 13.2. The van der Waals surface area contributed by atoms with Crippen molar-refractivity contribution in [1.29, 1.82) is 0 Å². The summed E-state index contributed by atoms with van der Waals surface area (Å²) >= 11 is 5.81. The highest BCUT2D eigenvalue weighted by atomic mass is 35.5. The lowest BCUT2D eigenvalue weighted by molar-refractivity contribution is 0.450. The highest BCUT2D eigenvalue weighted by Crippen LogP contribution is 2.29. The molecule has 0 fully saturated rings. The quantitative estimate of drug-likeness (QED) is 0.753. The van der Waals surface area contributed by atoms with E-state index in [9.17, 15) is 4.39 Å². The van der Waals surface area contributed by atoms with E-state index in [1.54, 1.807) is 12.1 Å². The van der Waals surface area contributed by atoms with Crippen LogP contribution in [0.5, 0.6) is 0 Å². The van der Waals surface area contributed by atoms with Gasteiger partial charge in [-0.15, -0.1) is 0 Å². The second kappa shape index (κ2) is 6.48. The lowest BCUT2D eigenvalue weighted by Gasteiger charge is -2.29. The fourth-order valence-corrected chi connectivity index (χ4v) is 2.87. The molecular weight excluding hydrogens is 285 g/mol. The van der Waals surface area contributed by atoms with E-state index in [2.05, 4.69) is 50.4 Å². The molecule has 21 heavy (non-hydrogen) atoms. The van der Waals surface area contributed by atoms with E-state index in [1.165, 1.54) is 11.6 Å². The third-order valence-electron chi connectivity index (χ3n) is 3.70. The van der Waals surface area contributed by atoms with Crippen LogP contribution in [0, 0.1) is 5.82 Å². The molecule has 0 aliphatic heterocycles. The number of benzene rings is 2. The fourth-order valence-electron chi connectivity index (χ4n) is 2.69. The second-order valence-corrected chi connectivity index (χ2v) is 6.54. The van der Waals surface area contributed by atoms with E-state index in [1.807, 2.05) is 6.07 Å². The van der Waals surface area contributed by atoms with Gasteiger partial charge in [-0.1, -0.05) is 55.8 Å². The Bertz CT molecular complexity index is 595. The van der Waals surface area contributed by atoms with Crippen LogP contribution in [-0.2, 0) is 5.41 Å². The van der Waals surface area contributed by atoms with Gasteiger partial charge < -0.3 is 5.32 Å². The molecule has 112 valence electrons. The van der Waals surface area contributed by atoms with Gasteiger partial charge in [0.2, 0.25) is 0 Å². The summed E-state index contributed by atoms with van der Waals surface area (Å²) in [5.41, 5.74) is 2.23. The van der Waals surface area contributed by atoms with E-state index in [4.69, 9.17) is 11.6 Å². The van der Waals surface area contributed by atoms with Crippen LogP contribution in [0.15, 0.2) is 48.5 Å². The summed E-state index contributed by atoms with van der Waals surface area (Å²) < 4.78 is 13.2. The highest BCUT2D eigenvalue weighted by Gasteiger charge is 2.23. The average Bonchev–Trinajstić information content (AvgIpc) is 2.43. The summed E-state index contributed by atoms with van der Waals surface area (Å²) in [5, 5.41) is 3.53. The third kappa shape index (κ3) is 4.21. The van der Waals surface area contributed by atoms with Crippen molar-refractivity contribution >= 4 is 17.3 Å². The summed E-state index contributed by atoms with van der Waals surface area (Å²) in [4.78, 5) is 0. The Labute approximate surface area is 131 Å². The Kier molecular flexibility index (Phi) is 4.89. The zero-order chi connectivity index (χ0) is 15.5. The summed E-state index contributed by atoms with van der Waals surface area (Å²) in [7, 11) is 0. The van der Waals surface area contributed by atoms with Crippen molar-refractivity contribution in [2.75, 3.05) is 5.32 Å². The largest absolute Gasteiger partial charge is 0.383 e. The Morgan fingerprint density at radius 1 is 1.14 bits per heavy atom. The molecule has 0 radical (unpaired) electrons. The van der Waals surface area contributed by atoms with Crippen LogP contribution in [0.3, 0.4) is 0 Å². The summed E-state index contributed by atoms with van der Waals surface area (Å²) in [6.07, 6.45) is 0.964. The van der Waals surface area contributed by atoms with Crippen molar-refractivity contribution in [3.63, 3.8) is 0 Å². The molecule has 0 saturated heterocycles. The first-order valence-corrected chi connectivity index (χ1v) is 7.53. The molecule has 3 heteroatoms. The van der Waals surface area contributed by atoms with E-state index < -0.39 is 0 Å². The van der Waals surface area contributed by atoms with Crippen LogP contribution in [0.4, 0.5) is 10.1 Å². The zero-order valence-electron chi connectivity index (χ0n) is 12.7. The van der Waals surface area contributed by atoms with E-state index in [0.29, 0.717) is 0 Å². The standard InChI is InChI=1S/C18H21ClFN/c1-13(21-15-9-10-17(20)16(19)11-15)12-18(2,3)14-7-5-4-6-8-14/h4-11,13,21H,12H2,1-3H3. The van der Waals surface area contributed by atoms with Gasteiger partial charge >= 0.3 is 0 Å². The fraction of sp³-hybridized carbons (Fsp3) is 0.333. The molecule has 2 aromatic carbocycles. The first kappa shape index (κ1) is 15.8. The van der Waals surface area contributed by atoms with Crippen LogP contribution in [0.25, 0.3) is 0 Å². The molecule has 0 aliphatic carbocycles. The van der Waals surface area contributed by atoms with Gasteiger partial charge in [-0.3, -0.25) is 0 Å². The lowest BCUT2D eigenvalue weighted by Crippen LogP contribution is -2.27. The Morgan fingerprint density at radius 2 is 1.81 bits per heavy atom. The van der Waals surface area contributed by atoms with Gasteiger partial charge in [0.1, 0.15) is 5.82 Å². The second-order valence-electron chi connectivity index (χ2n) is 6.13. The minimum Gasteiger partial charge on any atom is -0.383 e. The van der Waals surface area contributed by atoms with E-state index in [0.717, 1.165) is 12.1 Å². The van der Waals surface area contributed by atoms with Crippen molar-refractivity contribution in [2.45, 2.75) is 38.6 Å². The van der Waals surface area contributed by atoms with Crippen LogP contribution in [0.1, 0.15) is 32.8 Å². The van der Waals surface area contributed by atoms with E-state index in [-0.39, 0.29) is 22.3 Å². The molecular formula is C18H21ClFN. The number of hydrogen-bond donors (Lipinski definition) is 1. The summed E-state index contributed by atoms with van der Waals surface area (Å²) in [5.74, 6) is -0.389. The highest BCUT2D eigenvalue weighted by molar-refractivity contribution is 6.31. The van der Waals surface area contributed by atoms with Crippen molar-refractivity contribution in [2.24, 2.45) is 0 Å². The van der Waals surface area contributed by atoms with Crippen LogP contribution >= 0.6 is 11.6 Å². The molecule has 1 atom stereocenters. The Hall–Kier alpha value is -1.54. The minimum absolute atomic E-state index is 0.0670. The molecule has 2 aromatic rings. The zero-order valence-corrected chi connectivity index (χ0v) is 13.4. The minimum atomic E-state index is -0.389. The third-order valence-corrected chi connectivity index (χ3v) is 3.99. The van der Waals surface area contributed by atoms with Gasteiger partial charge in [-0.05, 0) is 42.5 Å². The van der Waals surface area contributed by atoms with Crippen LogP contribution in [-0.4, -0.2) is 6.04 Å². The molecule has 1 N–H and O–H groups in total. The molecule has 0 aliphatic rings. The van der Waals surface area contributed by atoms with Gasteiger partial charge in [-0.2, -0.15) is 0 Å². The lowest BCUT2D eigenvalue weighted by atomic mass is 9.79. The maximum absolute atomic E-state index is 13.2. The molecule has 1 nitrogen and oxygen atoms in total. The number of rotatable bonds is 5. The summed E-state index contributed by atoms with van der Waals surface area (Å²) in [6, 6.07) is 15.5. The predicted molar refractivity (Wildman–Crippen MR) is 88.6 cm³/mol. The van der Waals surface area contributed by atoms with Gasteiger partial charge in [-0.25, -0.2) is 4.39 Å². The van der Waals surface area contributed by atoms with E-state index >= 15 is 0 Å². The Balaban J connectivity index is 2.04. The molecule has 0 spiro atoms. The van der Waals surface area contributed by atoms with Crippen LogP contribution < -0.4 is 5.32 Å². The van der Waals surface area contributed by atoms with Crippen molar-refractivity contribution < 1.29 is 4.39 Å². The first-order chi connectivity index (χ1) is 9.88. The number of nitrogens with one attached hydrogen (secondary N) is 1. The first-order valence-electron chi connectivity index (χ1n) is 7.15. The number of hydrogen-bond acceptors (Lipinski definition) is 1. The number of halogens is 2. The van der Waals surface area contributed by atoms with Crippen LogP contribution in [0.2, 0.25) is 5.02 Å². The van der Waals surface area contributed by atoms with Crippen molar-refractivity contribution in [3.05, 3.63) is 64.9 Å². The monoisotopic (exact) mass is 305 g/mol. The van der Waals surface area contributed by atoms with Crippen molar-refractivity contribution in [3.8, 4) is 0 Å². The predicted octanol–water partition coefficient (Wildman–Crippen LogP) is 5.65. The average molecular weight is 306 g/mol. The topological polar surface area (TPSA) is 12.0 Å². The summed E-state index contributed by atoms with van der Waals surface area (Å²) in [6.45, 7) is 6.60. The normalized spacial score (nSPS) is 13.0.